The largest absolute Gasteiger partial charge is 0.296 e. The molecule has 0 N–H and O–H groups in total. The number of hydrogen-bond acceptors (Lipinski definition) is 2. The molecule has 0 aromatic carbocycles. The highest BCUT2D eigenvalue weighted by molar-refractivity contribution is 4.64. The van der Waals surface area contributed by atoms with E-state index in [4.69, 9.17) is 4.84 Å². The second-order valence-electron chi connectivity index (χ2n) is 5.84. The number of rotatable bonds is 11. The van der Waals surface area contributed by atoms with Gasteiger partial charge in [0, 0.05) is 13.6 Å². The lowest BCUT2D eigenvalue weighted by atomic mass is 10.0. The van der Waals surface area contributed by atoms with Gasteiger partial charge in [0.2, 0.25) is 0 Å². The monoisotopic (exact) mass is 255 g/mol. The summed E-state index contributed by atoms with van der Waals surface area (Å²) in [5.41, 5.74) is 0. The van der Waals surface area contributed by atoms with Gasteiger partial charge in [-0.15, -0.1) is 0 Å². The zero-order valence-electron chi connectivity index (χ0n) is 12.6. The van der Waals surface area contributed by atoms with E-state index < -0.39 is 0 Å². The van der Waals surface area contributed by atoms with Crippen molar-refractivity contribution in [3.8, 4) is 0 Å². The molecular formula is C16H33NO. The van der Waals surface area contributed by atoms with E-state index in [9.17, 15) is 0 Å². The molecular weight excluding hydrogens is 222 g/mol. The first-order valence-corrected chi connectivity index (χ1v) is 8.21. The Bertz CT molecular complexity index is 184. The third-order valence-corrected chi connectivity index (χ3v) is 3.97. The molecule has 1 heterocycles. The number of nitrogens with zero attached hydrogens (tertiary/aromatic N) is 1. The molecule has 0 aromatic rings. The van der Waals surface area contributed by atoms with Crippen LogP contribution in [0.15, 0.2) is 0 Å². The van der Waals surface area contributed by atoms with Crippen LogP contribution in [0.3, 0.4) is 0 Å². The molecule has 1 aliphatic heterocycles. The van der Waals surface area contributed by atoms with E-state index in [1.807, 2.05) is 12.1 Å². The maximum atomic E-state index is 5.68. The molecule has 0 aromatic heterocycles. The van der Waals surface area contributed by atoms with Crippen LogP contribution in [0.25, 0.3) is 0 Å². The average molecular weight is 255 g/mol. The topological polar surface area (TPSA) is 12.5 Å². The molecule has 0 radical (unpaired) electrons. The van der Waals surface area contributed by atoms with E-state index >= 15 is 0 Å². The Hall–Kier alpha value is -0.0800. The molecule has 1 unspecified atom stereocenters. The normalized spacial score (nSPS) is 20.7. The highest BCUT2D eigenvalue weighted by Crippen LogP contribution is 2.18. The first kappa shape index (κ1) is 16.0. The fourth-order valence-electron chi connectivity index (χ4n) is 2.74. The molecule has 0 amide bonds. The van der Waals surface area contributed by atoms with Crippen molar-refractivity contribution < 1.29 is 4.84 Å². The number of hydrogen-bond donors (Lipinski definition) is 0. The lowest BCUT2D eigenvalue weighted by Gasteiger charge is -2.11. The highest BCUT2D eigenvalue weighted by atomic mass is 16.7. The Kier molecular flexibility index (Phi) is 9.59. The molecule has 0 aliphatic carbocycles. The predicted octanol–water partition coefficient (Wildman–Crippen LogP) is 4.93. The maximum Gasteiger partial charge on any atom is 0.0806 e. The van der Waals surface area contributed by atoms with Crippen molar-refractivity contribution in [2.24, 2.45) is 0 Å². The third kappa shape index (κ3) is 8.10. The first-order valence-electron chi connectivity index (χ1n) is 8.21. The molecule has 108 valence electrons. The van der Waals surface area contributed by atoms with Gasteiger partial charge in [0.05, 0.1) is 6.10 Å². The van der Waals surface area contributed by atoms with Gasteiger partial charge in [0.1, 0.15) is 0 Å². The van der Waals surface area contributed by atoms with E-state index in [1.165, 1.54) is 77.0 Å². The fraction of sp³-hybridized carbons (Fsp3) is 1.00. The summed E-state index contributed by atoms with van der Waals surface area (Å²) in [6.07, 6.45) is 17.2. The SMILES string of the molecule is CCCCCCCCCCCCC1CCN(C)O1. The molecule has 18 heavy (non-hydrogen) atoms. The summed E-state index contributed by atoms with van der Waals surface area (Å²) in [5.74, 6) is 0. The Morgan fingerprint density at radius 2 is 1.44 bits per heavy atom. The van der Waals surface area contributed by atoms with Crippen LogP contribution in [-0.2, 0) is 4.84 Å². The van der Waals surface area contributed by atoms with E-state index in [0.717, 1.165) is 6.54 Å². The van der Waals surface area contributed by atoms with Crippen molar-refractivity contribution in [3.05, 3.63) is 0 Å². The fourth-order valence-corrected chi connectivity index (χ4v) is 2.74. The summed E-state index contributed by atoms with van der Waals surface area (Å²) >= 11 is 0. The first-order chi connectivity index (χ1) is 8.83. The van der Waals surface area contributed by atoms with Crippen molar-refractivity contribution in [2.75, 3.05) is 13.6 Å². The summed E-state index contributed by atoms with van der Waals surface area (Å²) in [6, 6.07) is 0. The summed E-state index contributed by atoms with van der Waals surface area (Å²) < 4.78 is 0. The molecule has 0 saturated carbocycles. The van der Waals surface area contributed by atoms with Gasteiger partial charge in [-0.1, -0.05) is 71.1 Å². The van der Waals surface area contributed by atoms with Gasteiger partial charge in [0.25, 0.3) is 0 Å². The van der Waals surface area contributed by atoms with Crippen molar-refractivity contribution in [3.63, 3.8) is 0 Å². The molecule has 0 spiro atoms. The molecule has 2 nitrogen and oxygen atoms in total. The van der Waals surface area contributed by atoms with Gasteiger partial charge in [0.15, 0.2) is 0 Å². The van der Waals surface area contributed by atoms with Crippen molar-refractivity contribution in [1.82, 2.24) is 5.06 Å². The zero-order valence-corrected chi connectivity index (χ0v) is 12.6. The van der Waals surface area contributed by atoms with Crippen molar-refractivity contribution >= 4 is 0 Å². The Labute approximate surface area is 114 Å². The van der Waals surface area contributed by atoms with Gasteiger partial charge < -0.3 is 0 Å². The van der Waals surface area contributed by atoms with Gasteiger partial charge in [-0.2, -0.15) is 5.06 Å². The maximum absolute atomic E-state index is 5.68. The van der Waals surface area contributed by atoms with Gasteiger partial charge >= 0.3 is 0 Å². The van der Waals surface area contributed by atoms with E-state index in [2.05, 4.69) is 6.92 Å². The van der Waals surface area contributed by atoms with E-state index in [1.54, 1.807) is 0 Å². The standard InChI is InChI=1S/C16H33NO/c1-3-4-5-6-7-8-9-10-11-12-13-16-14-15-17(2)18-16/h16H,3-15H2,1-2H3. The molecule has 1 saturated heterocycles. The Morgan fingerprint density at radius 1 is 0.889 bits per heavy atom. The highest BCUT2D eigenvalue weighted by Gasteiger charge is 2.19. The molecule has 1 fully saturated rings. The van der Waals surface area contributed by atoms with Crippen LogP contribution in [-0.4, -0.2) is 24.8 Å². The van der Waals surface area contributed by atoms with Crippen LogP contribution < -0.4 is 0 Å². The van der Waals surface area contributed by atoms with Gasteiger partial charge in [-0.05, 0) is 12.8 Å². The van der Waals surface area contributed by atoms with Crippen LogP contribution in [0, 0.1) is 0 Å². The number of hydroxylamine groups is 2. The smallest absolute Gasteiger partial charge is 0.0806 e. The average Bonchev–Trinajstić information content (AvgIpc) is 2.77. The van der Waals surface area contributed by atoms with E-state index in [-0.39, 0.29) is 0 Å². The molecule has 2 heteroatoms. The second-order valence-corrected chi connectivity index (χ2v) is 5.84. The van der Waals surface area contributed by atoms with Crippen LogP contribution in [0.5, 0.6) is 0 Å². The molecule has 0 bridgehead atoms. The Balaban J connectivity index is 1.73. The second kappa shape index (κ2) is 10.8. The minimum absolute atomic E-state index is 0.518. The molecule has 1 atom stereocenters. The van der Waals surface area contributed by atoms with Crippen LogP contribution >= 0.6 is 0 Å². The molecule has 1 rings (SSSR count). The Morgan fingerprint density at radius 3 is 1.94 bits per heavy atom. The summed E-state index contributed by atoms with van der Waals surface area (Å²) in [6.45, 7) is 3.40. The lowest BCUT2D eigenvalue weighted by molar-refractivity contribution is -0.128. The van der Waals surface area contributed by atoms with Gasteiger partial charge in [-0.3, -0.25) is 4.84 Å². The predicted molar refractivity (Wildman–Crippen MR) is 78.6 cm³/mol. The third-order valence-electron chi connectivity index (χ3n) is 3.97. The van der Waals surface area contributed by atoms with Gasteiger partial charge in [-0.25, -0.2) is 0 Å². The van der Waals surface area contributed by atoms with Crippen molar-refractivity contribution in [1.29, 1.82) is 0 Å². The minimum atomic E-state index is 0.518. The van der Waals surface area contributed by atoms with Crippen LogP contribution in [0.1, 0.15) is 84.0 Å². The lowest BCUT2D eigenvalue weighted by Crippen LogP contribution is -2.13. The quantitative estimate of drug-likeness (QED) is 0.485. The van der Waals surface area contributed by atoms with Crippen molar-refractivity contribution in [2.45, 2.75) is 90.1 Å². The summed E-state index contributed by atoms with van der Waals surface area (Å²) in [5, 5.41) is 1.99. The zero-order chi connectivity index (χ0) is 13.1. The van der Waals surface area contributed by atoms with Crippen LogP contribution in [0.2, 0.25) is 0 Å². The summed E-state index contributed by atoms with van der Waals surface area (Å²) in [7, 11) is 2.04. The van der Waals surface area contributed by atoms with Crippen LogP contribution in [0.4, 0.5) is 0 Å². The van der Waals surface area contributed by atoms with E-state index in [0.29, 0.717) is 6.10 Å². The molecule has 1 aliphatic rings. The minimum Gasteiger partial charge on any atom is -0.296 e. The number of unbranched alkanes of at least 4 members (excludes halogenated alkanes) is 9. The summed E-state index contributed by atoms with van der Waals surface area (Å²) in [4.78, 5) is 5.68.